The van der Waals surface area contributed by atoms with Crippen LogP contribution in [-0.2, 0) is 10.0 Å². The van der Waals surface area contributed by atoms with Crippen molar-refractivity contribution in [1.82, 2.24) is 14.5 Å². The highest BCUT2D eigenvalue weighted by Gasteiger charge is 2.19. The minimum absolute atomic E-state index is 0.0169. The van der Waals surface area contributed by atoms with E-state index in [2.05, 4.69) is 21.6 Å². The zero-order valence-corrected chi connectivity index (χ0v) is 13.4. The van der Waals surface area contributed by atoms with Crippen LogP contribution in [0.25, 0.3) is 0 Å². The predicted octanol–water partition coefficient (Wildman–Crippen LogP) is -0.0280. The first-order valence-corrected chi connectivity index (χ1v) is 8.97. The molecule has 1 aliphatic heterocycles. The fourth-order valence-electron chi connectivity index (χ4n) is 2.06. The van der Waals surface area contributed by atoms with Gasteiger partial charge in [0.15, 0.2) is 0 Å². The number of carboxylic acid groups (broad SMARTS) is 1. The molecule has 0 radical (unpaired) electrons. The van der Waals surface area contributed by atoms with Crippen LogP contribution < -0.4 is 4.72 Å². The minimum atomic E-state index is -3.62. The van der Waals surface area contributed by atoms with E-state index in [9.17, 15) is 13.2 Å². The summed E-state index contributed by atoms with van der Waals surface area (Å²) >= 11 is 0.912. The molecule has 2 rings (SSSR count). The highest BCUT2D eigenvalue weighted by atomic mass is 32.2. The molecule has 0 spiro atoms. The summed E-state index contributed by atoms with van der Waals surface area (Å²) in [5.41, 5.74) is 0. The topological polar surface area (TPSA) is 90.0 Å². The quantitative estimate of drug-likeness (QED) is 0.760. The molecule has 2 heterocycles. The van der Waals surface area contributed by atoms with Crippen LogP contribution in [0, 0.1) is 0 Å². The van der Waals surface area contributed by atoms with Crippen molar-refractivity contribution in [3.8, 4) is 0 Å². The van der Waals surface area contributed by atoms with E-state index in [1.807, 2.05) is 0 Å². The predicted molar refractivity (Wildman–Crippen MR) is 80.4 cm³/mol. The lowest BCUT2D eigenvalue weighted by Crippen LogP contribution is -2.46. The number of piperazine rings is 1. The number of hydrogen-bond donors (Lipinski definition) is 2. The fourth-order valence-corrected chi connectivity index (χ4v) is 4.20. The van der Waals surface area contributed by atoms with E-state index in [1.54, 1.807) is 0 Å². The normalized spacial score (nSPS) is 18.0. The number of sulfonamides is 1. The van der Waals surface area contributed by atoms with Crippen molar-refractivity contribution in [2.75, 3.05) is 46.3 Å². The molecule has 1 aliphatic rings. The molecule has 1 aromatic heterocycles. The Bertz CT molecular complexity index is 591. The van der Waals surface area contributed by atoms with Gasteiger partial charge in [0.2, 0.25) is 10.0 Å². The molecule has 0 atom stereocenters. The molecule has 0 aromatic carbocycles. The molecular formula is C12H19N3O4S2. The molecule has 0 amide bonds. The van der Waals surface area contributed by atoms with Gasteiger partial charge in [0.1, 0.15) is 4.88 Å². The summed E-state index contributed by atoms with van der Waals surface area (Å²) in [5.74, 6) is -1.11. The van der Waals surface area contributed by atoms with E-state index in [0.29, 0.717) is 13.1 Å². The molecule has 9 heteroatoms. The molecule has 1 aromatic rings. The molecule has 0 aliphatic carbocycles. The van der Waals surface area contributed by atoms with Crippen LogP contribution in [0.5, 0.6) is 0 Å². The molecular weight excluding hydrogens is 314 g/mol. The van der Waals surface area contributed by atoms with E-state index in [-0.39, 0.29) is 9.77 Å². The molecule has 0 saturated carbocycles. The van der Waals surface area contributed by atoms with Crippen molar-refractivity contribution in [3.63, 3.8) is 0 Å². The van der Waals surface area contributed by atoms with Crippen LogP contribution in [0.4, 0.5) is 0 Å². The molecule has 0 bridgehead atoms. The minimum Gasteiger partial charge on any atom is -0.477 e. The molecule has 1 saturated heterocycles. The zero-order chi connectivity index (χ0) is 15.5. The Morgan fingerprint density at radius 3 is 2.62 bits per heavy atom. The van der Waals surface area contributed by atoms with Gasteiger partial charge in [0, 0.05) is 44.6 Å². The number of aromatic carboxylic acids is 1. The van der Waals surface area contributed by atoms with Gasteiger partial charge in [-0.2, -0.15) is 0 Å². The summed E-state index contributed by atoms with van der Waals surface area (Å²) in [6.45, 7) is 4.81. The Morgan fingerprint density at radius 1 is 1.38 bits per heavy atom. The van der Waals surface area contributed by atoms with Crippen molar-refractivity contribution >= 4 is 27.3 Å². The molecule has 118 valence electrons. The molecule has 7 nitrogen and oxygen atoms in total. The zero-order valence-electron chi connectivity index (χ0n) is 11.8. The summed E-state index contributed by atoms with van der Waals surface area (Å²) in [6.07, 6.45) is 0. The Balaban J connectivity index is 1.85. The van der Waals surface area contributed by atoms with Crippen molar-refractivity contribution in [3.05, 3.63) is 16.3 Å². The largest absolute Gasteiger partial charge is 0.477 e. The number of nitrogens with one attached hydrogen (secondary N) is 1. The van der Waals surface area contributed by atoms with Gasteiger partial charge >= 0.3 is 5.97 Å². The standard InChI is InChI=1S/C12H19N3O4S2/c1-14-4-6-15(7-5-14)3-2-13-21(18,19)10-8-11(12(16)17)20-9-10/h8-9,13H,2-7H2,1H3,(H,16,17). The molecule has 2 N–H and O–H groups in total. The van der Waals surface area contributed by atoms with Crippen LogP contribution in [0.1, 0.15) is 9.67 Å². The van der Waals surface area contributed by atoms with Gasteiger partial charge in [-0.25, -0.2) is 17.9 Å². The summed E-state index contributed by atoms with van der Waals surface area (Å²) in [6, 6.07) is 1.19. The van der Waals surface area contributed by atoms with Gasteiger partial charge < -0.3 is 10.0 Å². The monoisotopic (exact) mass is 333 g/mol. The lowest BCUT2D eigenvalue weighted by molar-refractivity contribution is 0.0702. The number of likely N-dealkylation sites (N-methyl/N-ethyl adjacent to an activating group) is 1. The third-order valence-corrected chi connectivity index (χ3v) is 5.92. The fraction of sp³-hybridized carbons (Fsp3) is 0.583. The van der Waals surface area contributed by atoms with Crippen molar-refractivity contribution in [2.45, 2.75) is 4.90 Å². The Kier molecular flexibility index (Phi) is 5.33. The average molecular weight is 333 g/mol. The van der Waals surface area contributed by atoms with Gasteiger partial charge in [0.25, 0.3) is 0 Å². The second kappa shape index (κ2) is 6.84. The van der Waals surface area contributed by atoms with Crippen molar-refractivity contribution < 1.29 is 18.3 Å². The maximum Gasteiger partial charge on any atom is 0.345 e. The van der Waals surface area contributed by atoms with Crippen LogP contribution in [-0.4, -0.2) is 75.6 Å². The van der Waals surface area contributed by atoms with Crippen LogP contribution in [0.3, 0.4) is 0 Å². The first-order valence-electron chi connectivity index (χ1n) is 6.61. The van der Waals surface area contributed by atoms with Gasteiger partial charge in [-0.3, -0.25) is 4.90 Å². The van der Waals surface area contributed by atoms with E-state index in [0.717, 1.165) is 37.5 Å². The SMILES string of the molecule is CN1CCN(CCNS(=O)(=O)c2csc(C(=O)O)c2)CC1. The lowest BCUT2D eigenvalue weighted by atomic mass is 10.3. The number of thiophene rings is 1. The van der Waals surface area contributed by atoms with Gasteiger partial charge in [0.05, 0.1) is 4.90 Å². The van der Waals surface area contributed by atoms with Gasteiger partial charge in [-0.05, 0) is 13.1 Å². The Labute approximate surface area is 128 Å². The number of nitrogens with zero attached hydrogens (tertiary/aromatic N) is 2. The van der Waals surface area contributed by atoms with E-state index in [4.69, 9.17) is 5.11 Å². The highest BCUT2D eigenvalue weighted by molar-refractivity contribution is 7.89. The van der Waals surface area contributed by atoms with E-state index < -0.39 is 16.0 Å². The number of carboxylic acids is 1. The first kappa shape index (κ1) is 16.4. The van der Waals surface area contributed by atoms with E-state index >= 15 is 0 Å². The summed E-state index contributed by atoms with van der Waals surface area (Å²) in [4.78, 5) is 15.3. The summed E-state index contributed by atoms with van der Waals surface area (Å²) in [7, 11) is -1.56. The number of rotatable bonds is 6. The van der Waals surface area contributed by atoms with Gasteiger partial charge in [-0.1, -0.05) is 0 Å². The van der Waals surface area contributed by atoms with Crippen molar-refractivity contribution in [1.29, 1.82) is 0 Å². The summed E-state index contributed by atoms with van der Waals surface area (Å²) < 4.78 is 26.6. The summed E-state index contributed by atoms with van der Waals surface area (Å²) in [5, 5.41) is 10.2. The average Bonchev–Trinajstić information content (AvgIpc) is 2.91. The maximum absolute atomic E-state index is 12.0. The Morgan fingerprint density at radius 2 is 2.05 bits per heavy atom. The lowest BCUT2D eigenvalue weighted by Gasteiger charge is -2.32. The van der Waals surface area contributed by atoms with E-state index in [1.165, 1.54) is 11.4 Å². The van der Waals surface area contributed by atoms with Crippen LogP contribution in [0.2, 0.25) is 0 Å². The van der Waals surface area contributed by atoms with Crippen LogP contribution in [0.15, 0.2) is 16.3 Å². The smallest absolute Gasteiger partial charge is 0.345 e. The number of hydrogen-bond acceptors (Lipinski definition) is 6. The van der Waals surface area contributed by atoms with Crippen molar-refractivity contribution in [2.24, 2.45) is 0 Å². The van der Waals surface area contributed by atoms with Gasteiger partial charge in [-0.15, -0.1) is 11.3 Å². The number of carbonyl (C=O) groups is 1. The first-order chi connectivity index (χ1) is 9.88. The second-order valence-corrected chi connectivity index (χ2v) is 7.67. The highest BCUT2D eigenvalue weighted by Crippen LogP contribution is 2.18. The third-order valence-electron chi connectivity index (χ3n) is 3.41. The molecule has 1 fully saturated rings. The molecule has 21 heavy (non-hydrogen) atoms. The Hall–Kier alpha value is -1.00. The van der Waals surface area contributed by atoms with Crippen LogP contribution >= 0.6 is 11.3 Å². The second-order valence-electron chi connectivity index (χ2n) is 4.99. The maximum atomic E-state index is 12.0. The third kappa shape index (κ3) is 4.48. The molecule has 0 unspecified atom stereocenters.